The van der Waals surface area contributed by atoms with Gasteiger partial charge in [-0.1, -0.05) is 41.9 Å². The third-order valence-corrected chi connectivity index (χ3v) is 4.17. The molecule has 0 aliphatic heterocycles. The Morgan fingerprint density at radius 2 is 1.96 bits per heavy atom. The summed E-state index contributed by atoms with van der Waals surface area (Å²) in [6, 6.07) is 16.4. The van der Waals surface area contributed by atoms with E-state index in [9.17, 15) is 9.59 Å². The van der Waals surface area contributed by atoms with Crippen LogP contribution in [0.4, 0.5) is 5.69 Å². The van der Waals surface area contributed by atoms with Crippen molar-refractivity contribution in [3.63, 3.8) is 0 Å². The van der Waals surface area contributed by atoms with E-state index in [0.717, 1.165) is 11.1 Å². The highest BCUT2D eigenvalue weighted by Gasteiger charge is 2.16. The van der Waals surface area contributed by atoms with Gasteiger partial charge in [0.2, 0.25) is 0 Å². The lowest BCUT2D eigenvalue weighted by atomic mass is 10.1. The van der Waals surface area contributed by atoms with Crippen molar-refractivity contribution >= 4 is 35.2 Å². The zero-order valence-corrected chi connectivity index (χ0v) is 15.6. The van der Waals surface area contributed by atoms with Gasteiger partial charge in [0.05, 0.1) is 12.5 Å². The van der Waals surface area contributed by atoms with Gasteiger partial charge >= 0.3 is 5.97 Å². The van der Waals surface area contributed by atoms with Crippen molar-refractivity contribution in [1.29, 1.82) is 5.26 Å². The van der Waals surface area contributed by atoms with E-state index >= 15 is 0 Å². The van der Waals surface area contributed by atoms with Crippen LogP contribution in [0.5, 0.6) is 0 Å². The van der Waals surface area contributed by atoms with Gasteiger partial charge in [0, 0.05) is 23.3 Å². The zero-order chi connectivity index (χ0) is 19.6. The molecule has 1 amide bonds. The lowest BCUT2D eigenvalue weighted by molar-refractivity contribution is -0.142. The second kappa shape index (κ2) is 10.1. The van der Waals surface area contributed by atoms with Crippen molar-refractivity contribution < 1.29 is 14.3 Å². The van der Waals surface area contributed by atoms with E-state index < -0.39 is 18.5 Å². The Kier molecular flexibility index (Phi) is 7.60. The standard InChI is InChI=1S/C21H19ClN2O3/c1-16-8-9-17(14-19(16)22)10-11-21(26)27-15-20(25)24(13-5-12-23)18-6-3-2-4-7-18/h2-4,6-11,14H,5,13,15H2,1H3/b11-10+. The van der Waals surface area contributed by atoms with Gasteiger partial charge in [-0.25, -0.2) is 4.79 Å². The number of esters is 1. The quantitative estimate of drug-likeness (QED) is 0.532. The number of para-hydroxylation sites is 1. The van der Waals surface area contributed by atoms with Gasteiger partial charge in [-0.3, -0.25) is 4.79 Å². The molecule has 6 heteroatoms. The SMILES string of the molecule is Cc1ccc(/C=C/C(=O)OCC(=O)N(CCC#N)c2ccccc2)cc1Cl. The van der Waals surface area contributed by atoms with E-state index in [0.29, 0.717) is 10.7 Å². The number of nitriles is 1. The molecule has 0 radical (unpaired) electrons. The van der Waals surface area contributed by atoms with Crippen molar-refractivity contribution in [2.45, 2.75) is 13.3 Å². The zero-order valence-electron chi connectivity index (χ0n) is 14.9. The topological polar surface area (TPSA) is 70.4 Å². The number of nitrogens with zero attached hydrogens (tertiary/aromatic N) is 2. The van der Waals surface area contributed by atoms with Gasteiger partial charge in [-0.2, -0.15) is 5.26 Å². The number of carbonyl (C=O) groups is 2. The summed E-state index contributed by atoms with van der Waals surface area (Å²) in [4.78, 5) is 25.7. The molecule has 0 N–H and O–H groups in total. The number of amides is 1. The monoisotopic (exact) mass is 382 g/mol. The van der Waals surface area contributed by atoms with Crippen LogP contribution < -0.4 is 4.90 Å². The fourth-order valence-corrected chi connectivity index (χ4v) is 2.49. The van der Waals surface area contributed by atoms with E-state index in [4.69, 9.17) is 21.6 Å². The fraction of sp³-hybridized carbons (Fsp3) is 0.190. The summed E-state index contributed by atoms with van der Waals surface area (Å²) in [7, 11) is 0. The fourth-order valence-electron chi connectivity index (χ4n) is 2.30. The molecular weight excluding hydrogens is 364 g/mol. The number of anilines is 1. The van der Waals surface area contributed by atoms with Gasteiger partial charge < -0.3 is 9.64 Å². The third-order valence-electron chi connectivity index (χ3n) is 3.76. The van der Waals surface area contributed by atoms with E-state index in [1.54, 1.807) is 36.4 Å². The van der Waals surface area contributed by atoms with Crippen LogP contribution in [0.1, 0.15) is 17.5 Å². The Balaban J connectivity index is 1.95. The van der Waals surface area contributed by atoms with Crippen molar-refractivity contribution in [2.75, 3.05) is 18.1 Å². The van der Waals surface area contributed by atoms with Crippen molar-refractivity contribution in [1.82, 2.24) is 0 Å². The van der Waals surface area contributed by atoms with Crippen molar-refractivity contribution in [3.05, 3.63) is 70.8 Å². The maximum absolute atomic E-state index is 12.4. The lowest BCUT2D eigenvalue weighted by Crippen LogP contribution is -2.35. The number of halogens is 1. The molecule has 0 aliphatic rings. The third kappa shape index (κ3) is 6.28. The van der Waals surface area contributed by atoms with E-state index in [-0.39, 0.29) is 13.0 Å². The molecule has 0 aromatic heterocycles. The van der Waals surface area contributed by atoms with Crippen LogP contribution in [-0.2, 0) is 14.3 Å². The average molecular weight is 383 g/mol. The summed E-state index contributed by atoms with van der Waals surface area (Å²) in [5.74, 6) is -1.02. The number of ether oxygens (including phenoxy) is 1. The molecule has 0 atom stereocenters. The number of benzene rings is 2. The first-order valence-corrected chi connectivity index (χ1v) is 8.72. The molecule has 27 heavy (non-hydrogen) atoms. The molecule has 0 unspecified atom stereocenters. The Morgan fingerprint density at radius 3 is 2.63 bits per heavy atom. The molecule has 0 aliphatic carbocycles. The first-order valence-electron chi connectivity index (χ1n) is 8.34. The number of hydrogen-bond acceptors (Lipinski definition) is 4. The summed E-state index contributed by atoms with van der Waals surface area (Å²) in [6.07, 6.45) is 3.00. The van der Waals surface area contributed by atoms with Crippen LogP contribution in [0.3, 0.4) is 0 Å². The number of aryl methyl sites for hydroxylation is 1. The van der Waals surface area contributed by atoms with Crippen LogP contribution in [0.2, 0.25) is 5.02 Å². The summed E-state index contributed by atoms with van der Waals surface area (Å²) < 4.78 is 5.03. The predicted molar refractivity (Wildman–Crippen MR) is 105 cm³/mol. The van der Waals surface area contributed by atoms with Crippen LogP contribution in [0.15, 0.2) is 54.6 Å². The predicted octanol–water partition coefficient (Wildman–Crippen LogP) is 4.15. The van der Waals surface area contributed by atoms with Crippen molar-refractivity contribution in [2.24, 2.45) is 0 Å². The molecule has 0 spiro atoms. The molecule has 0 bridgehead atoms. The van der Waals surface area contributed by atoms with Gasteiger partial charge in [0.15, 0.2) is 6.61 Å². The Hall–Kier alpha value is -3.10. The average Bonchev–Trinajstić information content (AvgIpc) is 2.68. The number of rotatable bonds is 7. The summed E-state index contributed by atoms with van der Waals surface area (Å²) in [5, 5.41) is 9.39. The lowest BCUT2D eigenvalue weighted by Gasteiger charge is -2.21. The van der Waals surface area contributed by atoms with Gasteiger partial charge in [-0.05, 0) is 42.3 Å². The van der Waals surface area contributed by atoms with Gasteiger partial charge in [-0.15, -0.1) is 0 Å². The Bertz CT molecular complexity index is 873. The molecule has 2 rings (SSSR count). The maximum atomic E-state index is 12.4. The summed E-state index contributed by atoms with van der Waals surface area (Å²) in [5.41, 5.74) is 2.35. The first-order chi connectivity index (χ1) is 13.0. The maximum Gasteiger partial charge on any atom is 0.331 e. The van der Waals surface area contributed by atoms with Crippen LogP contribution in [0, 0.1) is 18.3 Å². The number of hydrogen-bond donors (Lipinski definition) is 0. The van der Waals surface area contributed by atoms with E-state index in [2.05, 4.69) is 0 Å². The minimum atomic E-state index is -0.631. The second-order valence-electron chi connectivity index (χ2n) is 5.74. The first kappa shape index (κ1) is 20.2. The van der Waals surface area contributed by atoms with E-state index in [1.807, 2.05) is 31.2 Å². The van der Waals surface area contributed by atoms with Crippen LogP contribution in [0.25, 0.3) is 6.08 Å². The molecular formula is C21H19ClN2O3. The molecule has 0 fully saturated rings. The smallest absolute Gasteiger partial charge is 0.331 e. The highest BCUT2D eigenvalue weighted by atomic mass is 35.5. The van der Waals surface area contributed by atoms with Crippen LogP contribution in [-0.4, -0.2) is 25.0 Å². The minimum Gasteiger partial charge on any atom is -0.452 e. The molecule has 0 heterocycles. The Morgan fingerprint density at radius 1 is 1.22 bits per heavy atom. The summed E-state index contributed by atoms with van der Waals surface area (Å²) in [6.45, 7) is 1.72. The Labute approximate surface area is 163 Å². The summed E-state index contributed by atoms with van der Waals surface area (Å²) >= 11 is 6.04. The van der Waals surface area contributed by atoms with Gasteiger partial charge in [0.1, 0.15) is 0 Å². The molecule has 0 saturated carbocycles. The minimum absolute atomic E-state index is 0.183. The van der Waals surface area contributed by atoms with Crippen molar-refractivity contribution in [3.8, 4) is 6.07 Å². The normalized spacial score (nSPS) is 10.4. The molecule has 2 aromatic carbocycles. The molecule has 138 valence electrons. The number of carbonyl (C=O) groups excluding carboxylic acids is 2. The molecule has 2 aromatic rings. The second-order valence-corrected chi connectivity index (χ2v) is 6.15. The molecule has 0 saturated heterocycles. The van der Waals surface area contributed by atoms with E-state index in [1.165, 1.54) is 11.0 Å². The molecule has 5 nitrogen and oxygen atoms in total. The largest absolute Gasteiger partial charge is 0.452 e. The highest BCUT2D eigenvalue weighted by Crippen LogP contribution is 2.17. The van der Waals surface area contributed by atoms with Crippen LogP contribution >= 0.6 is 11.6 Å². The van der Waals surface area contributed by atoms with Gasteiger partial charge in [0.25, 0.3) is 5.91 Å². The highest BCUT2D eigenvalue weighted by molar-refractivity contribution is 6.31.